The molecule has 0 saturated heterocycles. The van der Waals surface area contributed by atoms with E-state index < -0.39 is 17.1 Å². The van der Waals surface area contributed by atoms with E-state index >= 15 is 0 Å². The Bertz CT molecular complexity index is 442. The SMILES string of the molecule is CCCC[C@H](O)[C@H](N)c1ccc(OC)c([N+](=O)[O-])c1.Cl. The van der Waals surface area contributed by atoms with Gasteiger partial charge in [0, 0.05) is 6.07 Å². The number of nitro groups is 1. The fourth-order valence-electron chi connectivity index (χ4n) is 1.87. The molecule has 114 valence electrons. The third-order valence-electron chi connectivity index (χ3n) is 3.05. The average Bonchev–Trinajstić information content (AvgIpc) is 2.42. The van der Waals surface area contributed by atoms with Crippen LogP contribution in [0.3, 0.4) is 0 Å². The van der Waals surface area contributed by atoms with E-state index in [1.54, 1.807) is 6.07 Å². The van der Waals surface area contributed by atoms with Gasteiger partial charge in [-0.15, -0.1) is 12.4 Å². The van der Waals surface area contributed by atoms with Crippen LogP contribution in [0.15, 0.2) is 18.2 Å². The molecule has 0 aromatic heterocycles. The van der Waals surface area contributed by atoms with Crippen molar-refractivity contribution in [1.29, 1.82) is 0 Å². The molecular formula is C13H21ClN2O4. The van der Waals surface area contributed by atoms with E-state index in [-0.39, 0.29) is 23.8 Å². The van der Waals surface area contributed by atoms with Crippen molar-refractivity contribution in [3.05, 3.63) is 33.9 Å². The number of aliphatic hydroxyl groups excluding tert-OH is 1. The Kier molecular flexibility index (Phi) is 8.13. The first-order valence-electron chi connectivity index (χ1n) is 6.27. The van der Waals surface area contributed by atoms with Gasteiger partial charge in [-0.1, -0.05) is 25.8 Å². The standard InChI is InChI=1S/C13H20N2O4.ClH/c1-3-4-5-11(16)13(14)9-6-7-12(19-2)10(8-9)15(17)18;/h6-8,11,13,16H,3-5,14H2,1-2H3;1H/t11-,13+;/m0./s1. The van der Waals surface area contributed by atoms with Gasteiger partial charge in [-0.05, 0) is 18.1 Å². The largest absolute Gasteiger partial charge is 0.490 e. The summed E-state index contributed by atoms with van der Waals surface area (Å²) >= 11 is 0. The molecule has 3 N–H and O–H groups in total. The van der Waals surface area contributed by atoms with Gasteiger partial charge in [0.2, 0.25) is 0 Å². The molecule has 0 saturated carbocycles. The number of hydrogen-bond donors (Lipinski definition) is 2. The Morgan fingerprint density at radius 2 is 2.15 bits per heavy atom. The minimum absolute atomic E-state index is 0. The summed E-state index contributed by atoms with van der Waals surface area (Å²) in [6.45, 7) is 2.02. The molecule has 1 aromatic rings. The van der Waals surface area contributed by atoms with Crippen molar-refractivity contribution in [2.75, 3.05) is 7.11 Å². The van der Waals surface area contributed by atoms with Gasteiger partial charge in [-0.2, -0.15) is 0 Å². The van der Waals surface area contributed by atoms with E-state index in [2.05, 4.69) is 0 Å². The van der Waals surface area contributed by atoms with Crippen LogP contribution >= 0.6 is 12.4 Å². The second-order valence-corrected chi connectivity index (χ2v) is 4.42. The van der Waals surface area contributed by atoms with Gasteiger partial charge in [-0.3, -0.25) is 10.1 Å². The molecule has 0 fully saturated rings. The molecule has 0 aliphatic carbocycles. The monoisotopic (exact) mass is 304 g/mol. The molecule has 2 atom stereocenters. The summed E-state index contributed by atoms with van der Waals surface area (Å²) in [5, 5.41) is 20.9. The summed E-state index contributed by atoms with van der Waals surface area (Å²) in [5.41, 5.74) is 6.32. The van der Waals surface area contributed by atoms with Crippen LogP contribution in [0.4, 0.5) is 5.69 Å². The van der Waals surface area contributed by atoms with Gasteiger partial charge in [-0.25, -0.2) is 0 Å². The normalized spacial score (nSPS) is 13.2. The highest BCUT2D eigenvalue weighted by Gasteiger charge is 2.21. The highest BCUT2D eigenvalue weighted by Crippen LogP contribution is 2.30. The van der Waals surface area contributed by atoms with Crippen molar-refractivity contribution in [2.45, 2.75) is 38.3 Å². The zero-order valence-electron chi connectivity index (χ0n) is 11.6. The number of methoxy groups -OCH3 is 1. The zero-order valence-corrected chi connectivity index (χ0v) is 12.4. The summed E-state index contributed by atoms with van der Waals surface area (Å²) < 4.78 is 4.92. The first-order chi connectivity index (χ1) is 9.01. The average molecular weight is 305 g/mol. The number of halogens is 1. The fourth-order valence-corrected chi connectivity index (χ4v) is 1.87. The van der Waals surface area contributed by atoms with Crippen molar-refractivity contribution in [2.24, 2.45) is 5.73 Å². The van der Waals surface area contributed by atoms with E-state index in [9.17, 15) is 15.2 Å². The predicted octanol–water partition coefficient (Wildman–Crippen LogP) is 2.58. The molecule has 7 heteroatoms. The van der Waals surface area contributed by atoms with Crippen molar-refractivity contribution >= 4 is 18.1 Å². The lowest BCUT2D eigenvalue weighted by atomic mass is 9.98. The molecule has 0 aliphatic heterocycles. The Labute approximate surface area is 124 Å². The van der Waals surface area contributed by atoms with Crippen LogP contribution in [-0.4, -0.2) is 23.2 Å². The Hall–Kier alpha value is -1.37. The smallest absolute Gasteiger partial charge is 0.311 e. The Morgan fingerprint density at radius 1 is 1.50 bits per heavy atom. The van der Waals surface area contributed by atoms with Crippen LogP contribution in [0.5, 0.6) is 5.75 Å². The van der Waals surface area contributed by atoms with E-state index in [1.807, 2.05) is 6.92 Å². The number of nitrogens with zero attached hydrogens (tertiary/aromatic N) is 1. The molecule has 0 bridgehead atoms. The summed E-state index contributed by atoms with van der Waals surface area (Å²) in [6.07, 6.45) is 1.71. The molecule has 6 nitrogen and oxygen atoms in total. The third kappa shape index (κ3) is 4.63. The number of unbranched alkanes of at least 4 members (excludes halogenated alkanes) is 1. The molecular weight excluding hydrogens is 284 g/mol. The topological polar surface area (TPSA) is 98.6 Å². The third-order valence-corrected chi connectivity index (χ3v) is 3.05. The molecule has 20 heavy (non-hydrogen) atoms. The molecule has 0 spiro atoms. The van der Waals surface area contributed by atoms with Gasteiger partial charge in [0.15, 0.2) is 5.75 Å². The van der Waals surface area contributed by atoms with E-state index in [4.69, 9.17) is 10.5 Å². The summed E-state index contributed by atoms with van der Waals surface area (Å²) in [6, 6.07) is 3.88. The molecule has 0 unspecified atom stereocenters. The summed E-state index contributed by atoms with van der Waals surface area (Å²) in [7, 11) is 1.37. The van der Waals surface area contributed by atoms with E-state index in [0.717, 1.165) is 12.8 Å². The van der Waals surface area contributed by atoms with Crippen LogP contribution in [0.25, 0.3) is 0 Å². The lowest BCUT2D eigenvalue weighted by Gasteiger charge is -2.19. The van der Waals surface area contributed by atoms with Crippen molar-refractivity contribution in [3.63, 3.8) is 0 Å². The second-order valence-electron chi connectivity index (χ2n) is 4.42. The second kappa shape index (κ2) is 8.73. The van der Waals surface area contributed by atoms with Crippen LogP contribution in [0, 0.1) is 10.1 Å². The van der Waals surface area contributed by atoms with Crippen LogP contribution in [0.2, 0.25) is 0 Å². The molecule has 1 rings (SSSR count). The van der Waals surface area contributed by atoms with Gasteiger partial charge in [0.25, 0.3) is 0 Å². The Balaban J connectivity index is 0.00000361. The van der Waals surface area contributed by atoms with Crippen LogP contribution < -0.4 is 10.5 Å². The summed E-state index contributed by atoms with van der Waals surface area (Å²) in [4.78, 5) is 10.4. The number of nitrogens with two attached hydrogens (primary N) is 1. The molecule has 1 aromatic carbocycles. The lowest BCUT2D eigenvalue weighted by Crippen LogP contribution is -2.26. The number of nitro benzene ring substituents is 1. The quantitative estimate of drug-likeness (QED) is 0.596. The predicted molar refractivity (Wildman–Crippen MR) is 79.4 cm³/mol. The maximum Gasteiger partial charge on any atom is 0.311 e. The van der Waals surface area contributed by atoms with E-state index in [1.165, 1.54) is 19.2 Å². The summed E-state index contributed by atoms with van der Waals surface area (Å²) in [5.74, 6) is 0.184. The van der Waals surface area contributed by atoms with Gasteiger partial charge in [0.1, 0.15) is 0 Å². The van der Waals surface area contributed by atoms with Crippen molar-refractivity contribution in [1.82, 2.24) is 0 Å². The van der Waals surface area contributed by atoms with Crippen molar-refractivity contribution in [3.8, 4) is 5.75 Å². The zero-order chi connectivity index (χ0) is 14.4. The molecule has 0 heterocycles. The van der Waals surface area contributed by atoms with Crippen LogP contribution in [0.1, 0.15) is 37.8 Å². The highest BCUT2D eigenvalue weighted by atomic mass is 35.5. The minimum Gasteiger partial charge on any atom is -0.490 e. The lowest BCUT2D eigenvalue weighted by molar-refractivity contribution is -0.385. The van der Waals surface area contributed by atoms with Gasteiger partial charge >= 0.3 is 5.69 Å². The number of hydrogen-bond acceptors (Lipinski definition) is 5. The van der Waals surface area contributed by atoms with Crippen LogP contribution in [-0.2, 0) is 0 Å². The fraction of sp³-hybridized carbons (Fsp3) is 0.538. The first-order valence-corrected chi connectivity index (χ1v) is 6.27. The first kappa shape index (κ1) is 18.6. The molecule has 0 amide bonds. The van der Waals surface area contributed by atoms with Crippen molar-refractivity contribution < 1.29 is 14.8 Å². The molecule has 0 aliphatic rings. The maximum atomic E-state index is 10.9. The molecule has 0 radical (unpaired) electrons. The number of benzene rings is 1. The number of rotatable bonds is 7. The van der Waals surface area contributed by atoms with E-state index in [0.29, 0.717) is 12.0 Å². The highest BCUT2D eigenvalue weighted by molar-refractivity contribution is 5.85. The maximum absolute atomic E-state index is 10.9. The number of aliphatic hydroxyl groups is 1. The van der Waals surface area contributed by atoms with Gasteiger partial charge in [0.05, 0.1) is 24.2 Å². The van der Waals surface area contributed by atoms with Gasteiger partial charge < -0.3 is 15.6 Å². The Morgan fingerprint density at radius 3 is 2.65 bits per heavy atom. The number of ether oxygens (including phenoxy) is 1. The minimum atomic E-state index is -0.701.